The summed E-state index contributed by atoms with van der Waals surface area (Å²) in [7, 11) is 3.87. The van der Waals surface area contributed by atoms with Gasteiger partial charge in [-0.25, -0.2) is 4.79 Å². The number of aryl methyl sites for hydroxylation is 1. The first-order valence-corrected chi connectivity index (χ1v) is 11.8. The van der Waals surface area contributed by atoms with Gasteiger partial charge in [0.25, 0.3) is 11.8 Å². The molecule has 7 heteroatoms. The molecule has 2 fully saturated rings. The van der Waals surface area contributed by atoms with Crippen LogP contribution >= 0.6 is 0 Å². The lowest BCUT2D eigenvalue weighted by atomic mass is 9.73. The molecular weight excluding hydrogens is 404 g/mol. The predicted molar refractivity (Wildman–Crippen MR) is 125 cm³/mol. The molecule has 3 rings (SSSR count). The molecule has 0 spiro atoms. The van der Waals surface area contributed by atoms with E-state index in [9.17, 15) is 14.4 Å². The number of rotatable bonds is 8. The second-order valence-electron chi connectivity index (χ2n) is 10.0. The molecule has 1 aromatic rings. The third-order valence-corrected chi connectivity index (χ3v) is 6.83. The van der Waals surface area contributed by atoms with Gasteiger partial charge in [0.05, 0.1) is 0 Å². The molecule has 0 bridgehead atoms. The van der Waals surface area contributed by atoms with Gasteiger partial charge in [-0.15, -0.1) is 0 Å². The molecule has 0 unspecified atom stereocenters. The smallest absolute Gasteiger partial charge is 0.325 e. The third-order valence-electron chi connectivity index (χ3n) is 6.83. The number of nitrogens with one attached hydrogen (secondary N) is 1. The van der Waals surface area contributed by atoms with Crippen LogP contribution in [0.3, 0.4) is 0 Å². The lowest BCUT2D eigenvalue weighted by Crippen LogP contribution is -2.56. The fourth-order valence-corrected chi connectivity index (χ4v) is 4.85. The van der Waals surface area contributed by atoms with Crippen molar-refractivity contribution in [1.29, 1.82) is 0 Å². The van der Waals surface area contributed by atoms with Crippen LogP contribution in [0.25, 0.3) is 0 Å². The molecule has 0 radical (unpaired) electrons. The molecule has 0 aromatic heterocycles. The number of hydrogen-bond acceptors (Lipinski definition) is 4. The molecule has 7 nitrogen and oxygen atoms in total. The first-order valence-electron chi connectivity index (χ1n) is 11.8. The van der Waals surface area contributed by atoms with E-state index in [1.54, 1.807) is 0 Å². The summed E-state index contributed by atoms with van der Waals surface area (Å²) < 4.78 is 0. The Morgan fingerprint density at radius 2 is 1.91 bits per heavy atom. The normalized spacial score (nSPS) is 22.2. The van der Waals surface area contributed by atoms with Gasteiger partial charge in [0, 0.05) is 31.7 Å². The molecule has 1 aromatic carbocycles. The third kappa shape index (κ3) is 5.14. The van der Waals surface area contributed by atoms with Crippen LogP contribution in [0.15, 0.2) is 24.3 Å². The molecule has 2 saturated heterocycles. The van der Waals surface area contributed by atoms with Crippen molar-refractivity contribution in [2.75, 3.05) is 40.3 Å². The molecule has 1 N–H and O–H groups in total. The average molecular weight is 443 g/mol. The second kappa shape index (κ2) is 10.0. The Balaban J connectivity index is 1.74. The Hall–Kier alpha value is -2.41. The van der Waals surface area contributed by atoms with E-state index >= 15 is 0 Å². The Kier molecular flexibility index (Phi) is 7.59. The highest BCUT2D eigenvalue weighted by Crippen LogP contribution is 2.38. The van der Waals surface area contributed by atoms with Gasteiger partial charge < -0.3 is 15.1 Å². The number of urea groups is 1. The first-order chi connectivity index (χ1) is 15.1. The predicted octanol–water partition coefficient (Wildman–Crippen LogP) is 3.14. The number of nitrogens with zero attached hydrogens (tertiary/aromatic N) is 3. The van der Waals surface area contributed by atoms with Crippen molar-refractivity contribution in [2.45, 2.75) is 52.0 Å². The molecule has 4 amide bonds. The van der Waals surface area contributed by atoms with Crippen molar-refractivity contribution >= 4 is 17.8 Å². The van der Waals surface area contributed by atoms with Gasteiger partial charge in [-0.3, -0.25) is 14.5 Å². The summed E-state index contributed by atoms with van der Waals surface area (Å²) in [5.74, 6) is 0.422. The van der Waals surface area contributed by atoms with Crippen molar-refractivity contribution in [3.63, 3.8) is 0 Å². The van der Waals surface area contributed by atoms with Crippen LogP contribution in [0.4, 0.5) is 4.79 Å². The quantitative estimate of drug-likeness (QED) is 0.628. The van der Waals surface area contributed by atoms with Gasteiger partial charge >= 0.3 is 6.03 Å². The molecule has 2 aliphatic heterocycles. The summed E-state index contributed by atoms with van der Waals surface area (Å²) in [6, 6.07) is 7.39. The minimum Gasteiger partial charge on any atom is -0.339 e. The van der Waals surface area contributed by atoms with E-state index in [2.05, 4.69) is 19.2 Å². The molecule has 0 aliphatic carbocycles. The van der Waals surface area contributed by atoms with E-state index < -0.39 is 5.54 Å². The molecule has 32 heavy (non-hydrogen) atoms. The lowest BCUT2D eigenvalue weighted by Gasteiger charge is -2.41. The van der Waals surface area contributed by atoms with E-state index in [0.29, 0.717) is 56.9 Å². The van der Waals surface area contributed by atoms with Crippen LogP contribution in [-0.4, -0.2) is 78.4 Å². The molecular formula is C25H38N4O3. The fourth-order valence-electron chi connectivity index (χ4n) is 4.85. The summed E-state index contributed by atoms with van der Waals surface area (Å²) >= 11 is 0. The maximum atomic E-state index is 13.6. The maximum Gasteiger partial charge on any atom is 0.325 e. The number of carbonyl (C=O) groups excluding carboxylic acids is 3. The van der Waals surface area contributed by atoms with Crippen LogP contribution < -0.4 is 5.32 Å². The minimum absolute atomic E-state index is 0.0311. The van der Waals surface area contributed by atoms with E-state index in [0.717, 1.165) is 12.0 Å². The van der Waals surface area contributed by atoms with Crippen molar-refractivity contribution < 1.29 is 14.4 Å². The Bertz CT molecular complexity index is 845. The van der Waals surface area contributed by atoms with Crippen LogP contribution in [0, 0.1) is 18.8 Å². The van der Waals surface area contributed by atoms with Crippen LogP contribution in [0.1, 0.15) is 55.5 Å². The zero-order chi connectivity index (χ0) is 23.5. The maximum absolute atomic E-state index is 13.6. The van der Waals surface area contributed by atoms with E-state index in [1.807, 2.05) is 55.1 Å². The Morgan fingerprint density at radius 3 is 2.50 bits per heavy atom. The zero-order valence-electron chi connectivity index (χ0n) is 20.2. The molecule has 1 atom stereocenters. The first kappa shape index (κ1) is 24.2. The van der Waals surface area contributed by atoms with Gasteiger partial charge in [-0.2, -0.15) is 0 Å². The van der Waals surface area contributed by atoms with Crippen LogP contribution in [0.5, 0.6) is 0 Å². The van der Waals surface area contributed by atoms with Gasteiger partial charge in [-0.05, 0) is 70.7 Å². The molecule has 0 saturated carbocycles. The van der Waals surface area contributed by atoms with Crippen LogP contribution in [-0.2, 0) is 4.79 Å². The molecule has 2 heterocycles. The number of piperidine rings is 1. The van der Waals surface area contributed by atoms with Crippen LogP contribution in [0.2, 0.25) is 0 Å². The molecule has 176 valence electrons. The molecule has 2 aliphatic rings. The summed E-state index contributed by atoms with van der Waals surface area (Å²) in [6.07, 6.45) is 2.94. The number of hydrogen-bond donors (Lipinski definition) is 1. The Labute approximate surface area is 192 Å². The van der Waals surface area contributed by atoms with Gasteiger partial charge in [0.1, 0.15) is 5.54 Å². The van der Waals surface area contributed by atoms with Gasteiger partial charge in [0.2, 0.25) is 0 Å². The standard InChI is InChI=1S/C25H38N4O3/c1-18(2)9-12-25(23(31)29(24(32)26-25)16-15-27(4)5)21-10-13-28(14-11-21)22(30)20-8-6-7-19(3)17-20/h6-8,17-18,21H,9-16H2,1-5H3,(H,26,32)/t25-/m0/s1. The lowest BCUT2D eigenvalue weighted by molar-refractivity contribution is -0.134. The topological polar surface area (TPSA) is 73.0 Å². The van der Waals surface area contributed by atoms with Crippen molar-refractivity contribution in [1.82, 2.24) is 20.0 Å². The number of amides is 4. The summed E-state index contributed by atoms with van der Waals surface area (Å²) in [4.78, 5) is 44.6. The highest BCUT2D eigenvalue weighted by Gasteiger charge is 2.55. The summed E-state index contributed by atoms with van der Waals surface area (Å²) in [5.41, 5.74) is 0.917. The summed E-state index contributed by atoms with van der Waals surface area (Å²) in [5, 5.41) is 3.11. The van der Waals surface area contributed by atoms with E-state index in [4.69, 9.17) is 0 Å². The number of likely N-dealkylation sites (N-methyl/N-ethyl adjacent to an activating group) is 1. The van der Waals surface area contributed by atoms with Gasteiger partial charge in [-0.1, -0.05) is 31.5 Å². The van der Waals surface area contributed by atoms with Gasteiger partial charge in [0.15, 0.2) is 0 Å². The Morgan fingerprint density at radius 1 is 1.22 bits per heavy atom. The summed E-state index contributed by atoms with van der Waals surface area (Å²) in [6.45, 7) is 8.50. The SMILES string of the molecule is Cc1cccc(C(=O)N2CCC([C@]3(CCC(C)C)NC(=O)N(CCN(C)C)C3=O)CC2)c1. The van der Waals surface area contributed by atoms with Crippen molar-refractivity contribution in [3.8, 4) is 0 Å². The monoisotopic (exact) mass is 442 g/mol. The van der Waals surface area contributed by atoms with Crippen molar-refractivity contribution in [2.24, 2.45) is 11.8 Å². The second-order valence-corrected chi connectivity index (χ2v) is 10.0. The highest BCUT2D eigenvalue weighted by molar-refractivity contribution is 6.07. The van der Waals surface area contributed by atoms with Crippen molar-refractivity contribution in [3.05, 3.63) is 35.4 Å². The number of carbonyl (C=O) groups is 3. The number of imide groups is 1. The minimum atomic E-state index is -0.855. The van der Waals surface area contributed by atoms with E-state index in [1.165, 1.54) is 4.90 Å². The highest BCUT2D eigenvalue weighted by atomic mass is 16.2. The average Bonchev–Trinajstić information content (AvgIpc) is 3.00. The van der Waals surface area contributed by atoms with E-state index in [-0.39, 0.29) is 23.8 Å². The fraction of sp³-hybridized carbons (Fsp3) is 0.640. The number of benzene rings is 1. The zero-order valence-corrected chi connectivity index (χ0v) is 20.2. The number of likely N-dealkylation sites (tertiary alicyclic amines) is 1. The largest absolute Gasteiger partial charge is 0.339 e.